The molecule has 3 aromatic rings. The Kier molecular flexibility index (Phi) is 4.20. The van der Waals surface area contributed by atoms with Gasteiger partial charge in [-0.3, -0.25) is 4.79 Å². The van der Waals surface area contributed by atoms with Crippen molar-refractivity contribution in [2.75, 3.05) is 19.0 Å². The highest BCUT2D eigenvalue weighted by atomic mass is 32.1. The molecule has 0 saturated heterocycles. The standard InChI is InChI=1S/C16H17N5OS/c1-10(14-9-23-20-19-14)17-16(22)12-8-15(21(2)3)18-13-7-5-4-6-11(12)13/h4-10H,1-3H3,(H,17,22). The Hall–Kier alpha value is -2.54. The van der Waals surface area contributed by atoms with Crippen LogP contribution >= 0.6 is 11.5 Å². The molecule has 0 bridgehead atoms. The largest absolute Gasteiger partial charge is 0.363 e. The fourth-order valence-corrected chi connectivity index (χ4v) is 2.84. The SMILES string of the molecule is CC(NC(=O)c1cc(N(C)C)nc2ccccc12)c1csnn1. The minimum absolute atomic E-state index is 0.146. The van der Waals surface area contributed by atoms with E-state index in [0.29, 0.717) is 5.56 Å². The normalized spacial score (nSPS) is 12.1. The third-order valence-electron chi connectivity index (χ3n) is 3.57. The summed E-state index contributed by atoms with van der Waals surface area (Å²) in [7, 11) is 3.81. The Labute approximate surface area is 138 Å². The van der Waals surface area contributed by atoms with Crippen LogP contribution in [0.5, 0.6) is 0 Å². The number of hydrogen-bond donors (Lipinski definition) is 1. The molecule has 0 saturated carbocycles. The Morgan fingerprint density at radius 2 is 2.09 bits per heavy atom. The van der Waals surface area contributed by atoms with Crippen molar-refractivity contribution in [2.24, 2.45) is 0 Å². The summed E-state index contributed by atoms with van der Waals surface area (Å²) in [5, 5.41) is 9.65. The van der Waals surface area contributed by atoms with E-state index in [9.17, 15) is 4.79 Å². The summed E-state index contributed by atoms with van der Waals surface area (Å²) >= 11 is 1.27. The molecule has 2 aromatic heterocycles. The van der Waals surface area contributed by atoms with E-state index in [1.165, 1.54) is 11.5 Å². The molecule has 1 unspecified atom stereocenters. The van der Waals surface area contributed by atoms with Gasteiger partial charge in [-0.25, -0.2) is 4.98 Å². The first-order valence-corrected chi connectivity index (χ1v) is 8.05. The molecule has 0 aliphatic heterocycles. The van der Waals surface area contributed by atoms with Crippen LogP contribution in [0.2, 0.25) is 0 Å². The molecule has 7 heteroatoms. The summed E-state index contributed by atoms with van der Waals surface area (Å²) in [4.78, 5) is 19.2. The summed E-state index contributed by atoms with van der Waals surface area (Å²) in [5.41, 5.74) is 2.16. The van der Waals surface area contributed by atoms with Gasteiger partial charge in [0, 0.05) is 24.9 Å². The average molecular weight is 327 g/mol. The third-order valence-corrected chi connectivity index (χ3v) is 4.10. The van der Waals surface area contributed by atoms with Gasteiger partial charge in [0.05, 0.1) is 22.8 Å². The lowest BCUT2D eigenvalue weighted by molar-refractivity contribution is 0.0941. The fourth-order valence-electron chi connectivity index (χ4n) is 2.29. The van der Waals surface area contributed by atoms with Gasteiger partial charge in [0.1, 0.15) is 5.82 Å². The van der Waals surface area contributed by atoms with Gasteiger partial charge in [-0.2, -0.15) is 0 Å². The van der Waals surface area contributed by atoms with Gasteiger partial charge in [-0.15, -0.1) is 5.10 Å². The lowest BCUT2D eigenvalue weighted by Crippen LogP contribution is -2.27. The number of benzene rings is 1. The predicted octanol–water partition coefficient (Wildman–Crippen LogP) is 2.64. The molecule has 0 radical (unpaired) electrons. The molecule has 3 rings (SSSR count). The third kappa shape index (κ3) is 3.14. The summed E-state index contributed by atoms with van der Waals surface area (Å²) < 4.78 is 3.83. The Morgan fingerprint density at radius 1 is 1.30 bits per heavy atom. The van der Waals surface area contributed by atoms with Gasteiger partial charge < -0.3 is 10.2 Å². The Balaban J connectivity index is 1.99. The molecule has 0 fully saturated rings. The van der Waals surface area contributed by atoms with Crippen molar-refractivity contribution in [3.63, 3.8) is 0 Å². The molecule has 23 heavy (non-hydrogen) atoms. The Morgan fingerprint density at radius 3 is 2.78 bits per heavy atom. The molecule has 1 aromatic carbocycles. The van der Waals surface area contributed by atoms with Gasteiger partial charge in [-0.05, 0) is 30.6 Å². The maximum Gasteiger partial charge on any atom is 0.252 e. The minimum atomic E-state index is -0.198. The second-order valence-electron chi connectivity index (χ2n) is 5.46. The van der Waals surface area contributed by atoms with E-state index < -0.39 is 0 Å². The molecule has 0 aliphatic rings. The second kappa shape index (κ2) is 6.29. The van der Waals surface area contributed by atoms with Crippen LogP contribution in [0.4, 0.5) is 5.82 Å². The van der Waals surface area contributed by atoms with Crippen molar-refractivity contribution in [1.82, 2.24) is 19.9 Å². The van der Waals surface area contributed by atoms with Crippen LogP contribution in [-0.2, 0) is 0 Å². The maximum absolute atomic E-state index is 12.7. The zero-order chi connectivity index (χ0) is 16.4. The van der Waals surface area contributed by atoms with Gasteiger partial charge in [0.25, 0.3) is 5.91 Å². The quantitative estimate of drug-likeness (QED) is 0.797. The van der Waals surface area contributed by atoms with Crippen LogP contribution in [0.15, 0.2) is 35.7 Å². The molecule has 1 N–H and O–H groups in total. The zero-order valence-electron chi connectivity index (χ0n) is 13.1. The average Bonchev–Trinajstić information content (AvgIpc) is 3.08. The fraction of sp³-hybridized carbons (Fsp3) is 0.250. The van der Waals surface area contributed by atoms with E-state index in [1.807, 2.05) is 61.6 Å². The van der Waals surface area contributed by atoms with E-state index in [-0.39, 0.29) is 11.9 Å². The number of fused-ring (bicyclic) bond motifs is 1. The van der Waals surface area contributed by atoms with Crippen molar-refractivity contribution >= 4 is 34.2 Å². The number of rotatable bonds is 4. The molecule has 6 nitrogen and oxygen atoms in total. The maximum atomic E-state index is 12.7. The van der Waals surface area contributed by atoms with Crippen LogP contribution in [0.3, 0.4) is 0 Å². The van der Waals surface area contributed by atoms with E-state index in [1.54, 1.807) is 0 Å². The molecular formula is C16H17N5OS. The van der Waals surface area contributed by atoms with Crippen molar-refractivity contribution in [1.29, 1.82) is 0 Å². The first-order valence-electron chi connectivity index (χ1n) is 7.21. The molecule has 1 amide bonds. The van der Waals surface area contributed by atoms with Crippen molar-refractivity contribution in [3.8, 4) is 0 Å². The molecule has 0 spiro atoms. The van der Waals surface area contributed by atoms with Crippen molar-refractivity contribution in [3.05, 3.63) is 47.0 Å². The number of carbonyl (C=O) groups excluding carboxylic acids is 1. The first-order chi connectivity index (χ1) is 11.1. The number of nitrogens with one attached hydrogen (secondary N) is 1. The number of carbonyl (C=O) groups is 1. The number of hydrogen-bond acceptors (Lipinski definition) is 6. The van der Waals surface area contributed by atoms with Gasteiger partial charge >= 0.3 is 0 Å². The lowest BCUT2D eigenvalue weighted by atomic mass is 10.1. The number of anilines is 1. The molecule has 2 heterocycles. The summed E-state index contributed by atoms with van der Waals surface area (Å²) in [6.07, 6.45) is 0. The summed E-state index contributed by atoms with van der Waals surface area (Å²) in [6.45, 7) is 1.89. The smallest absolute Gasteiger partial charge is 0.252 e. The minimum Gasteiger partial charge on any atom is -0.363 e. The van der Waals surface area contributed by atoms with Gasteiger partial charge in [0.15, 0.2) is 0 Å². The highest BCUT2D eigenvalue weighted by Crippen LogP contribution is 2.23. The molecular weight excluding hydrogens is 310 g/mol. The number of para-hydroxylation sites is 1. The van der Waals surface area contributed by atoms with Gasteiger partial charge in [-0.1, -0.05) is 22.7 Å². The van der Waals surface area contributed by atoms with E-state index in [0.717, 1.165) is 22.4 Å². The van der Waals surface area contributed by atoms with Crippen LogP contribution in [0.25, 0.3) is 10.9 Å². The molecule has 1 atom stereocenters. The molecule has 118 valence electrons. The summed E-state index contributed by atoms with van der Waals surface area (Å²) in [5.74, 6) is 0.601. The van der Waals surface area contributed by atoms with E-state index in [2.05, 4.69) is 19.9 Å². The number of pyridine rings is 1. The highest BCUT2D eigenvalue weighted by molar-refractivity contribution is 7.03. The lowest BCUT2D eigenvalue weighted by Gasteiger charge is -2.16. The van der Waals surface area contributed by atoms with Crippen LogP contribution < -0.4 is 10.2 Å². The van der Waals surface area contributed by atoms with Crippen molar-refractivity contribution < 1.29 is 4.79 Å². The number of nitrogens with zero attached hydrogens (tertiary/aromatic N) is 4. The number of aromatic nitrogens is 3. The predicted molar refractivity (Wildman–Crippen MR) is 91.9 cm³/mol. The molecule has 0 aliphatic carbocycles. The monoisotopic (exact) mass is 327 g/mol. The highest BCUT2D eigenvalue weighted by Gasteiger charge is 2.17. The summed E-state index contributed by atoms with van der Waals surface area (Å²) in [6, 6.07) is 9.25. The number of amides is 1. The van der Waals surface area contributed by atoms with Gasteiger partial charge in [0.2, 0.25) is 0 Å². The zero-order valence-corrected chi connectivity index (χ0v) is 14.0. The first kappa shape index (κ1) is 15.4. The van der Waals surface area contributed by atoms with Crippen LogP contribution in [0.1, 0.15) is 29.0 Å². The van der Waals surface area contributed by atoms with E-state index in [4.69, 9.17) is 0 Å². The van der Waals surface area contributed by atoms with Crippen molar-refractivity contribution in [2.45, 2.75) is 13.0 Å². The van der Waals surface area contributed by atoms with Crippen LogP contribution in [-0.4, -0.2) is 34.6 Å². The van der Waals surface area contributed by atoms with E-state index >= 15 is 0 Å². The van der Waals surface area contributed by atoms with Crippen LogP contribution in [0, 0.1) is 0 Å². The Bertz CT molecular complexity index is 832. The second-order valence-corrected chi connectivity index (χ2v) is 6.07. The topological polar surface area (TPSA) is 71.0 Å².